The Bertz CT molecular complexity index is 543. The molecule has 0 spiro atoms. The van der Waals surface area contributed by atoms with Gasteiger partial charge in [0.05, 0.1) is 6.20 Å². The SMILES string of the molecule is O=C(O)c1cc(C2CC2)nc2ccnn12. The molecule has 0 unspecified atom stereocenters. The Morgan fingerprint density at radius 1 is 1.53 bits per heavy atom. The third kappa shape index (κ3) is 1.27. The van der Waals surface area contributed by atoms with Crippen LogP contribution >= 0.6 is 0 Å². The summed E-state index contributed by atoms with van der Waals surface area (Å²) in [5.41, 5.74) is 1.67. The van der Waals surface area contributed by atoms with Crippen LogP contribution in [0.5, 0.6) is 0 Å². The second-order valence-electron chi connectivity index (χ2n) is 3.75. The van der Waals surface area contributed by atoms with Crippen LogP contribution in [0.15, 0.2) is 18.3 Å². The highest BCUT2D eigenvalue weighted by Crippen LogP contribution is 2.39. The number of nitrogens with zero attached hydrogens (tertiary/aromatic N) is 3. The normalized spacial score (nSPS) is 15.7. The zero-order valence-electron chi connectivity index (χ0n) is 7.92. The highest BCUT2D eigenvalue weighted by atomic mass is 16.4. The predicted octanol–water partition coefficient (Wildman–Crippen LogP) is 1.30. The number of carbonyl (C=O) groups is 1. The van der Waals surface area contributed by atoms with E-state index in [9.17, 15) is 4.79 Å². The summed E-state index contributed by atoms with van der Waals surface area (Å²) >= 11 is 0. The van der Waals surface area contributed by atoms with Crippen LogP contribution in [-0.4, -0.2) is 25.7 Å². The summed E-state index contributed by atoms with van der Waals surface area (Å²) in [5, 5.41) is 13.0. The van der Waals surface area contributed by atoms with Crippen molar-refractivity contribution in [3.63, 3.8) is 0 Å². The van der Waals surface area contributed by atoms with E-state index < -0.39 is 5.97 Å². The molecule has 1 N–H and O–H groups in total. The van der Waals surface area contributed by atoms with Crippen LogP contribution in [0.25, 0.3) is 5.65 Å². The Hall–Kier alpha value is -1.91. The maximum atomic E-state index is 11.0. The van der Waals surface area contributed by atoms with Gasteiger partial charge < -0.3 is 5.11 Å². The van der Waals surface area contributed by atoms with E-state index in [1.807, 2.05) is 0 Å². The molecule has 1 fully saturated rings. The Balaban J connectivity index is 2.28. The second-order valence-corrected chi connectivity index (χ2v) is 3.75. The maximum absolute atomic E-state index is 11.0. The summed E-state index contributed by atoms with van der Waals surface area (Å²) in [6, 6.07) is 3.35. The number of carboxylic acid groups (broad SMARTS) is 1. The monoisotopic (exact) mass is 203 g/mol. The lowest BCUT2D eigenvalue weighted by Gasteiger charge is -2.02. The molecular weight excluding hydrogens is 194 g/mol. The zero-order chi connectivity index (χ0) is 10.4. The van der Waals surface area contributed by atoms with Gasteiger partial charge in [0.2, 0.25) is 0 Å². The molecule has 15 heavy (non-hydrogen) atoms. The van der Waals surface area contributed by atoms with Crippen molar-refractivity contribution in [2.75, 3.05) is 0 Å². The molecule has 5 nitrogen and oxygen atoms in total. The highest BCUT2D eigenvalue weighted by Gasteiger charge is 2.27. The summed E-state index contributed by atoms with van der Waals surface area (Å²) in [6.45, 7) is 0. The molecule has 1 aliphatic rings. The van der Waals surface area contributed by atoms with E-state index in [1.54, 1.807) is 18.3 Å². The third-order valence-corrected chi connectivity index (χ3v) is 2.59. The van der Waals surface area contributed by atoms with Gasteiger partial charge in [-0.1, -0.05) is 0 Å². The van der Waals surface area contributed by atoms with Gasteiger partial charge in [-0.3, -0.25) is 0 Å². The van der Waals surface area contributed by atoms with Gasteiger partial charge in [0.25, 0.3) is 0 Å². The fraction of sp³-hybridized carbons (Fsp3) is 0.300. The Labute approximate surface area is 85.4 Å². The molecule has 0 radical (unpaired) electrons. The van der Waals surface area contributed by atoms with Gasteiger partial charge >= 0.3 is 5.97 Å². The van der Waals surface area contributed by atoms with Crippen molar-refractivity contribution >= 4 is 11.6 Å². The number of carboxylic acids is 1. The number of fused-ring (bicyclic) bond motifs is 1. The van der Waals surface area contributed by atoms with E-state index in [4.69, 9.17) is 5.11 Å². The molecule has 3 rings (SSSR count). The molecule has 2 heterocycles. The summed E-state index contributed by atoms with van der Waals surface area (Å²) in [7, 11) is 0. The van der Waals surface area contributed by atoms with Crippen LogP contribution in [-0.2, 0) is 0 Å². The molecule has 2 aromatic rings. The van der Waals surface area contributed by atoms with Crippen molar-refractivity contribution < 1.29 is 9.90 Å². The molecule has 0 saturated heterocycles. The van der Waals surface area contributed by atoms with Crippen molar-refractivity contribution in [3.05, 3.63) is 29.7 Å². The van der Waals surface area contributed by atoms with Crippen molar-refractivity contribution in [1.82, 2.24) is 14.6 Å². The van der Waals surface area contributed by atoms with Gasteiger partial charge in [-0.05, 0) is 18.9 Å². The quantitative estimate of drug-likeness (QED) is 0.798. The summed E-state index contributed by atoms with van der Waals surface area (Å²) < 4.78 is 1.36. The second kappa shape index (κ2) is 2.79. The molecule has 5 heteroatoms. The first-order chi connectivity index (χ1) is 7.25. The van der Waals surface area contributed by atoms with Crippen molar-refractivity contribution in [3.8, 4) is 0 Å². The molecule has 1 saturated carbocycles. The third-order valence-electron chi connectivity index (χ3n) is 2.59. The molecule has 0 bridgehead atoms. The van der Waals surface area contributed by atoms with Crippen LogP contribution in [0.4, 0.5) is 0 Å². The first-order valence-corrected chi connectivity index (χ1v) is 4.83. The minimum absolute atomic E-state index is 0.187. The van der Waals surface area contributed by atoms with Crippen molar-refractivity contribution in [2.45, 2.75) is 18.8 Å². The lowest BCUT2D eigenvalue weighted by molar-refractivity contribution is 0.0687. The summed E-state index contributed by atoms with van der Waals surface area (Å²) in [5.74, 6) is -0.518. The molecule has 1 aliphatic carbocycles. The smallest absolute Gasteiger partial charge is 0.354 e. The van der Waals surface area contributed by atoms with Gasteiger partial charge in [-0.25, -0.2) is 14.3 Å². The number of hydrogen-bond donors (Lipinski definition) is 1. The van der Waals surface area contributed by atoms with Crippen LogP contribution < -0.4 is 0 Å². The minimum Gasteiger partial charge on any atom is -0.477 e. The van der Waals surface area contributed by atoms with Crippen LogP contribution in [0.2, 0.25) is 0 Å². The first-order valence-electron chi connectivity index (χ1n) is 4.83. The molecule has 0 amide bonds. The number of hydrogen-bond acceptors (Lipinski definition) is 3. The van der Waals surface area contributed by atoms with E-state index in [0.29, 0.717) is 11.6 Å². The van der Waals surface area contributed by atoms with E-state index >= 15 is 0 Å². The lowest BCUT2D eigenvalue weighted by Crippen LogP contribution is -2.08. The van der Waals surface area contributed by atoms with Crippen molar-refractivity contribution in [1.29, 1.82) is 0 Å². The lowest BCUT2D eigenvalue weighted by atomic mass is 10.2. The molecule has 0 atom stereocenters. The Kier molecular flexibility index (Phi) is 1.56. The summed E-state index contributed by atoms with van der Waals surface area (Å²) in [4.78, 5) is 15.4. The fourth-order valence-electron chi connectivity index (χ4n) is 1.67. The summed E-state index contributed by atoms with van der Waals surface area (Å²) in [6.07, 6.45) is 3.78. The van der Waals surface area contributed by atoms with Gasteiger partial charge in [0.1, 0.15) is 0 Å². The van der Waals surface area contributed by atoms with Gasteiger partial charge in [-0.2, -0.15) is 5.10 Å². The van der Waals surface area contributed by atoms with Gasteiger partial charge in [0.15, 0.2) is 11.3 Å². The maximum Gasteiger partial charge on any atom is 0.354 e. The van der Waals surface area contributed by atoms with Gasteiger partial charge in [0, 0.05) is 17.7 Å². The topological polar surface area (TPSA) is 67.5 Å². The number of aromatic nitrogens is 3. The van der Waals surface area contributed by atoms with E-state index in [0.717, 1.165) is 18.5 Å². The molecule has 2 aromatic heterocycles. The molecule has 76 valence electrons. The average molecular weight is 203 g/mol. The minimum atomic E-state index is -0.965. The standard InChI is InChI=1S/C10H9N3O2/c14-10(15)8-5-7(6-1-2-6)12-9-3-4-11-13(8)9/h3-6H,1-2H2,(H,14,15). The van der Waals surface area contributed by atoms with E-state index in [2.05, 4.69) is 10.1 Å². The molecular formula is C10H9N3O2. The first kappa shape index (κ1) is 8.40. The Morgan fingerprint density at radius 3 is 3.00 bits per heavy atom. The zero-order valence-corrected chi connectivity index (χ0v) is 7.92. The predicted molar refractivity (Wildman–Crippen MR) is 51.9 cm³/mol. The Morgan fingerprint density at radius 2 is 2.33 bits per heavy atom. The van der Waals surface area contributed by atoms with Crippen LogP contribution in [0.1, 0.15) is 34.9 Å². The largest absolute Gasteiger partial charge is 0.477 e. The van der Waals surface area contributed by atoms with Crippen LogP contribution in [0, 0.1) is 0 Å². The number of aromatic carboxylic acids is 1. The average Bonchev–Trinajstić information content (AvgIpc) is 2.95. The van der Waals surface area contributed by atoms with Crippen molar-refractivity contribution in [2.24, 2.45) is 0 Å². The van der Waals surface area contributed by atoms with E-state index in [1.165, 1.54) is 4.52 Å². The number of rotatable bonds is 2. The van der Waals surface area contributed by atoms with Crippen LogP contribution in [0.3, 0.4) is 0 Å². The van der Waals surface area contributed by atoms with Gasteiger partial charge in [-0.15, -0.1) is 0 Å². The fourth-order valence-corrected chi connectivity index (χ4v) is 1.67. The molecule has 0 aliphatic heterocycles. The molecule has 0 aromatic carbocycles. The van der Waals surface area contributed by atoms with E-state index in [-0.39, 0.29) is 5.69 Å². The highest BCUT2D eigenvalue weighted by molar-refractivity contribution is 5.86.